The molecule has 0 spiro atoms. The number of ketones is 1. The molecule has 4 heteroatoms. The van der Waals surface area contributed by atoms with Crippen molar-refractivity contribution < 1.29 is 19.7 Å². The summed E-state index contributed by atoms with van der Waals surface area (Å²) in [5, 5.41) is 19.7. The monoisotopic (exact) mass is 390 g/mol. The molecule has 0 aliphatic carbocycles. The number of benzene rings is 2. The van der Waals surface area contributed by atoms with Crippen molar-refractivity contribution in [1.82, 2.24) is 0 Å². The number of carbonyl (C=O) groups excluding carboxylic acids is 1. The van der Waals surface area contributed by atoms with Crippen molar-refractivity contribution in [3.05, 3.63) is 76.9 Å². The van der Waals surface area contributed by atoms with Crippen LogP contribution in [0.15, 0.2) is 60.2 Å². The van der Waals surface area contributed by atoms with Gasteiger partial charge in [-0.3, -0.25) is 4.79 Å². The van der Waals surface area contributed by atoms with Crippen molar-refractivity contribution in [2.24, 2.45) is 0 Å². The molecule has 0 aromatic heterocycles. The van der Waals surface area contributed by atoms with Crippen LogP contribution >= 0.6 is 0 Å². The number of hydrogen-bond acceptors (Lipinski definition) is 4. The van der Waals surface area contributed by atoms with Crippen LogP contribution in [0.2, 0.25) is 0 Å². The van der Waals surface area contributed by atoms with E-state index in [0.29, 0.717) is 5.75 Å². The summed E-state index contributed by atoms with van der Waals surface area (Å²) in [4.78, 5) is 12.6. The number of phenolic OH excluding ortho intramolecular Hbond substituents is 2. The van der Waals surface area contributed by atoms with Gasteiger partial charge in [0.25, 0.3) is 0 Å². The molecule has 1 aliphatic heterocycles. The zero-order valence-electron chi connectivity index (χ0n) is 17.0. The highest BCUT2D eigenvalue weighted by Gasteiger charge is 2.28. The Balaban J connectivity index is 1.77. The lowest BCUT2D eigenvalue weighted by Crippen LogP contribution is -2.31. The maximum atomic E-state index is 12.6. The van der Waals surface area contributed by atoms with E-state index in [4.69, 9.17) is 4.74 Å². The van der Waals surface area contributed by atoms with Crippen molar-refractivity contribution in [3.8, 4) is 17.2 Å². The van der Waals surface area contributed by atoms with E-state index >= 15 is 0 Å². The summed E-state index contributed by atoms with van der Waals surface area (Å²) in [6.45, 7) is 6.16. The van der Waals surface area contributed by atoms with E-state index in [1.807, 2.05) is 19.1 Å². The average molecular weight is 390 g/mol. The highest BCUT2D eigenvalue weighted by molar-refractivity contribution is 6.09. The lowest BCUT2D eigenvalue weighted by atomic mass is 9.93. The molecular weight excluding hydrogens is 364 g/mol. The van der Waals surface area contributed by atoms with Gasteiger partial charge in [0, 0.05) is 11.6 Å². The van der Waals surface area contributed by atoms with Gasteiger partial charge in [0.2, 0.25) is 0 Å². The second-order valence-corrected chi connectivity index (χ2v) is 7.76. The number of ether oxygens (including phenoxy) is 1. The summed E-state index contributed by atoms with van der Waals surface area (Å²) in [5.74, 6) is 0.332. The molecule has 2 aromatic rings. The van der Waals surface area contributed by atoms with Crippen LogP contribution in [0.25, 0.3) is 12.2 Å². The molecule has 1 unspecified atom stereocenters. The van der Waals surface area contributed by atoms with Gasteiger partial charge in [-0.1, -0.05) is 35.9 Å². The predicted octanol–water partition coefficient (Wildman–Crippen LogP) is 5.90. The van der Waals surface area contributed by atoms with Crippen LogP contribution < -0.4 is 4.74 Å². The molecule has 0 saturated carbocycles. The molecule has 4 nitrogen and oxygen atoms in total. The smallest absolute Gasteiger partial charge is 0.189 e. The Kier molecular flexibility index (Phi) is 5.92. The summed E-state index contributed by atoms with van der Waals surface area (Å²) in [6.07, 6.45) is 10.9. The van der Waals surface area contributed by atoms with Gasteiger partial charge in [0.1, 0.15) is 22.8 Å². The summed E-state index contributed by atoms with van der Waals surface area (Å²) in [6, 6.07) is 9.69. The first kappa shape index (κ1) is 20.5. The van der Waals surface area contributed by atoms with E-state index < -0.39 is 5.60 Å². The van der Waals surface area contributed by atoms with Gasteiger partial charge in [-0.15, -0.1) is 0 Å². The van der Waals surface area contributed by atoms with Gasteiger partial charge in [0.05, 0.1) is 5.56 Å². The molecule has 3 rings (SSSR count). The second-order valence-electron chi connectivity index (χ2n) is 7.76. The Morgan fingerprint density at radius 1 is 1.14 bits per heavy atom. The first-order valence-corrected chi connectivity index (χ1v) is 9.66. The molecular formula is C25H26O4. The van der Waals surface area contributed by atoms with Crippen LogP contribution in [0.5, 0.6) is 17.2 Å². The number of rotatable bonds is 6. The van der Waals surface area contributed by atoms with Gasteiger partial charge in [-0.2, -0.15) is 0 Å². The third-order valence-electron chi connectivity index (χ3n) is 4.87. The predicted molar refractivity (Wildman–Crippen MR) is 116 cm³/mol. The highest BCUT2D eigenvalue weighted by Crippen LogP contribution is 2.37. The fourth-order valence-electron chi connectivity index (χ4n) is 3.18. The lowest BCUT2D eigenvalue weighted by molar-refractivity contribution is 0.104. The van der Waals surface area contributed by atoms with Crippen LogP contribution in [-0.4, -0.2) is 21.6 Å². The third-order valence-corrected chi connectivity index (χ3v) is 4.87. The molecule has 0 radical (unpaired) electrons. The maximum Gasteiger partial charge on any atom is 0.189 e. The minimum Gasteiger partial charge on any atom is -0.508 e. The normalized spacial score (nSPS) is 17.6. The third kappa shape index (κ3) is 5.17. The quantitative estimate of drug-likeness (QED) is 0.366. The summed E-state index contributed by atoms with van der Waals surface area (Å²) >= 11 is 0. The Morgan fingerprint density at radius 3 is 2.55 bits per heavy atom. The van der Waals surface area contributed by atoms with E-state index in [1.54, 1.807) is 36.4 Å². The number of aromatic hydroxyl groups is 2. The van der Waals surface area contributed by atoms with Gasteiger partial charge in [-0.25, -0.2) is 0 Å². The number of fused-ring (bicyclic) bond motifs is 1. The Labute approximate surface area is 171 Å². The van der Waals surface area contributed by atoms with Gasteiger partial charge >= 0.3 is 0 Å². The Morgan fingerprint density at radius 2 is 1.86 bits per heavy atom. The molecule has 0 bridgehead atoms. The minimum absolute atomic E-state index is 0.106. The summed E-state index contributed by atoms with van der Waals surface area (Å²) in [7, 11) is 0. The molecule has 2 aromatic carbocycles. The fourth-order valence-corrected chi connectivity index (χ4v) is 3.18. The second kappa shape index (κ2) is 8.39. The van der Waals surface area contributed by atoms with Gasteiger partial charge in [-0.05, 0) is 69.5 Å². The van der Waals surface area contributed by atoms with Crippen molar-refractivity contribution in [2.75, 3.05) is 0 Å². The zero-order chi connectivity index (χ0) is 21.0. The molecule has 150 valence electrons. The Hall–Kier alpha value is -3.27. The molecule has 1 heterocycles. The molecule has 1 atom stereocenters. The van der Waals surface area contributed by atoms with E-state index in [-0.39, 0.29) is 22.8 Å². The largest absolute Gasteiger partial charge is 0.508 e. The highest BCUT2D eigenvalue weighted by atomic mass is 16.5. The van der Waals surface area contributed by atoms with Crippen LogP contribution in [0.1, 0.15) is 55.1 Å². The number of hydrogen-bond donors (Lipinski definition) is 2. The van der Waals surface area contributed by atoms with E-state index in [0.717, 1.165) is 24.0 Å². The summed E-state index contributed by atoms with van der Waals surface area (Å²) in [5.41, 5.74) is 2.60. The number of allylic oxidation sites excluding steroid dienone is 3. The minimum atomic E-state index is -0.449. The van der Waals surface area contributed by atoms with Crippen LogP contribution in [-0.2, 0) is 0 Å². The summed E-state index contributed by atoms with van der Waals surface area (Å²) < 4.78 is 6.13. The zero-order valence-corrected chi connectivity index (χ0v) is 17.0. The van der Waals surface area contributed by atoms with Gasteiger partial charge in [0.15, 0.2) is 5.78 Å². The topological polar surface area (TPSA) is 66.8 Å². The molecule has 0 saturated heterocycles. The molecule has 0 fully saturated rings. The standard InChI is InChI=1S/C25H26O4/c1-17(2)5-4-13-25(3)14-12-19-15-21(23(28)16-24(19)29-25)22(27)11-8-18-6-9-20(26)10-7-18/h5-12,14-16,26,28H,4,13H2,1-3H3. The average Bonchev–Trinajstić information content (AvgIpc) is 2.66. The number of phenols is 2. The molecule has 2 N–H and O–H groups in total. The Bertz CT molecular complexity index is 992. The molecule has 1 aliphatic rings. The van der Waals surface area contributed by atoms with Crippen molar-refractivity contribution in [1.29, 1.82) is 0 Å². The molecule has 29 heavy (non-hydrogen) atoms. The van der Waals surface area contributed by atoms with Gasteiger partial charge < -0.3 is 14.9 Å². The lowest BCUT2D eigenvalue weighted by Gasteiger charge is -2.31. The van der Waals surface area contributed by atoms with Crippen molar-refractivity contribution in [3.63, 3.8) is 0 Å². The van der Waals surface area contributed by atoms with Crippen LogP contribution in [0, 0.1) is 0 Å². The fraction of sp³-hybridized carbons (Fsp3) is 0.240. The number of carbonyl (C=O) groups is 1. The first-order chi connectivity index (χ1) is 13.8. The van der Waals surface area contributed by atoms with Crippen LogP contribution in [0.4, 0.5) is 0 Å². The maximum absolute atomic E-state index is 12.6. The first-order valence-electron chi connectivity index (χ1n) is 9.66. The SMILES string of the molecule is CC(C)=CCCC1(C)C=Cc2cc(C(=O)C=Cc3ccc(O)cc3)c(O)cc2O1. The molecule has 0 amide bonds. The van der Waals surface area contributed by atoms with E-state index in [9.17, 15) is 15.0 Å². The van der Waals surface area contributed by atoms with Crippen molar-refractivity contribution >= 4 is 17.9 Å². The van der Waals surface area contributed by atoms with E-state index in [2.05, 4.69) is 19.9 Å². The van der Waals surface area contributed by atoms with Crippen LogP contribution in [0.3, 0.4) is 0 Å². The van der Waals surface area contributed by atoms with Crippen molar-refractivity contribution in [2.45, 2.75) is 39.2 Å². The van der Waals surface area contributed by atoms with E-state index in [1.165, 1.54) is 17.7 Å².